The first-order valence-electron chi connectivity index (χ1n) is 8.46. The average Bonchev–Trinajstić information content (AvgIpc) is 3.12. The van der Waals surface area contributed by atoms with Crippen molar-refractivity contribution in [2.24, 2.45) is 7.05 Å². The van der Waals surface area contributed by atoms with Gasteiger partial charge in [-0.3, -0.25) is 9.48 Å². The number of hydrogen-bond acceptors (Lipinski definition) is 2. The van der Waals surface area contributed by atoms with Crippen LogP contribution < -0.4 is 0 Å². The number of carbonyl (C=O) groups is 1. The molecular weight excluding hydrogens is 322 g/mol. The molecule has 0 saturated carbocycles. The SMILES string of the molecule is Cc1nn(C)c(C)c1[C@@H](C)C(=O)N1CCC[C@H]1c1cccc(Cl)c1. The van der Waals surface area contributed by atoms with Crippen LogP contribution in [0.3, 0.4) is 0 Å². The lowest BCUT2D eigenvalue weighted by atomic mass is 9.96. The number of benzene rings is 1. The van der Waals surface area contributed by atoms with E-state index in [2.05, 4.69) is 11.2 Å². The predicted octanol–water partition coefficient (Wildman–Crippen LogP) is 4.16. The molecule has 1 amide bonds. The second kappa shape index (κ2) is 6.60. The number of nitrogens with zero attached hydrogens (tertiary/aromatic N) is 3. The zero-order chi connectivity index (χ0) is 17.4. The molecule has 1 saturated heterocycles. The first-order valence-corrected chi connectivity index (χ1v) is 8.84. The summed E-state index contributed by atoms with van der Waals surface area (Å²) in [5.41, 5.74) is 4.18. The fourth-order valence-corrected chi connectivity index (χ4v) is 4.08. The van der Waals surface area contributed by atoms with Crippen LogP contribution in [-0.4, -0.2) is 27.1 Å². The maximum absolute atomic E-state index is 13.2. The van der Waals surface area contributed by atoms with Gasteiger partial charge in [-0.2, -0.15) is 5.10 Å². The van der Waals surface area contributed by atoms with E-state index < -0.39 is 0 Å². The molecule has 0 spiro atoms. The van der Waals surface area contributed by atoms with Crippen molar-refractivity contribution in [1.82, 2.24) is 14.7 Å². The number of likely N-dealkylation sites (tertiary alicyclic amines) is 1. The van der Waals surface area contributed by atoms with Gasteiger partial charge in [0.15, 0.2) is 0 Å². The van der Waals surface area contributed by atoms with E-state index in [9.17, 15) is 4.79 Å². The molecule has 0 aliphatic carbocycles. The summed E-state index contributed by atoms with van der Waals surface area (Å²) in [6, 6.07) is 7.99. The summed E-state index contributed by atoms with van der Waals surface area (Å²) < 4.78 is 1.85. The molecule has 3 rings (SSSR count). The molecule has 2 aromatic rings. The highest BCUT2D eigenvalue weighted by Crippen LogP contribution is 2.36. The molecule has 1 aliphatic rings. The Kier molecular flexibility index (Phi) is 4.68. The van der Waals surface area contributed by atoms with Crippen LogP contribution in [0.2, 0.25) is 5.02 Å². The van der Waals surface area contributed by atoms with E-state index in [1.165, 1.54) is 0 Å². The van der Waals surface area contributed by atoms with Crippen LogP contribution in [0.15, 0.2) is 24.3 Å². The number of aromatic nitrogens is 2. The largest absolute Gasteiger partial charge is 0.335 e. The lowest BCUT2D eigenvalue weighted by molar-refractivity contribution is -0.133. The molecule has 1 aromatic carbocycles. The lowest BCUT2D eigenvalue weighted by Gasteiger charge is -2.28. The van der Waals surface area contributed by atoms with Gasteiger partial charge in [0.2, 0.25) is 5.91 Å². The van der Waals surface area contributed by atoms with Crippen LogP contribution in [0.4, 0.5) is 0 Å². The zero-order valence-electron chi connectivity index (χ0n) is 14.7. The molecule has 0 N–H and O–H groups in total. The minimum Gasteiger partial charge on any atom is -0.335 e. The standard InChI is InChI=1S/C19H24ClN3O/c1-12(18-13(2)21-22(4)14(18)3)19(24)23-10-6-9-17(23)15-7-5-8-16(20)11-15/h5,7-8,11-12,17H,6,9-10H2,1-4H3/t12-,17+/m1/s1. The lowest BCUT2D eigenvalue weighted by Crippen LogP contribution is -2.34. The molecule has 4 nitrogen and oxygen atoms in total. The van der Waals surface area contributed by atoms with Gasteiger partial charge in [-0.1, -0.05) is 23.7 Å². The van der Waals surface area contributed by atoms with E-state index >= 15 is 0 Å². The summed E-state index contributed by atoms with van der Waals surface area (Å²) in [6.07, 6.45) is 2.02. The van der Waals surface area contributed by atoms with E-state index in [0.717, 1.165) is 46.9 Å². The van der Waals surface area contributed by atoms with Crippen molar-refractivity contribution in [3.63, 3.8) is 0 Å². The first-order chi connectivity index (χ1) is 11.4. The third kappa shape index (κ3) is 2.95. The van der Waals surface area contributed by atoms with E-state index in [0.29, 0.717) is 0 Å². The molecular formula is C19H24ClN3O. The Hall–Kier alpha value is -1.81. The number of aryl methyl sites for hydroxylation is 2. The Bertz CT molecular complexity index is 768. The highest BCUT2D eigenvalue weighted by atomic mass is 35.5. The van der Waals surface area contributed by atoms with Crippen LogP contribution in [0, 0.1) is 13.8 Å². The van der Waals surface area contributed by atoms with Crippen molar-refractivity contribution in [1.29, 1.82) is 0 Å². The van der Waals surface area contributed by atoms with Gasteiger partial charge >= 0.3 is 0 Å². The summed E-state index contributed by atoms with van der Waals surface area (Å²) >= 11 is 6.14. The Morgan fingerprint density at radius 1 is 1.38 bits per heavy atom. The van der Waals surface area contributed by atoms with Crippen LogP contribution in [-0.2, 0) is 11.8 Å². The van der Waals surface area contributed by atoms with Crippen molar-refractivity contribution >= 4 is 17.5 Å². The summed E-state index contributed by atoms with van der Waals surface area (Å²) in [5.74, 6) is -0.00448. The van der Waals surface area contributed by atoms with E-state index in [4.69, 9.17) is 11.6 Å². The van der Waals surface area contributed by atoms with Crippen LogP contribution >= 0.6 is 11.6 Å². The molecule has 24 heavy (non-hydrogen) atoms. The number of carbonyl (C=O) groups excluding carboxylic acids is 1. The van der Waals surface area contributed by atoms with Gasteiger partial charge in [-0.05, 0) is 51.3 Å². The number of hydrogen-bond donors (Lipinski definition) is 0. The molecule has 2 heterocycles. The molecule has 0 unspecified atom stereocenters. The Morgan fingerprint density at radius 3 is 2.75 bits per heavy atom. The van der Waals surface area contributed by atoms with E-state index in [-0.39, 0.29) is 17.9 Å². The quantitative estimate of drug-likeness (QED) is 0.837. The third-order valence-corrected chi connectivity index (χ3v) is 5.37. The summed E-state index contributed by atoms with van der Waals surface area (Å²) in [5, 5.41) is 5.18. The maximum Gasteiger partial charge on any atom is 0.230 e. The van der Waals surface area contributed by atoms with Crippen molar-refractivity contribution < 1.29 is 4.79 Å². The van der Waals surface area contributed by atoms with Crippen molar-refractivity contribution in [2.45, 2.75) is 45.6 Å². The molecule has 1 aromatic heterocycles. The number of halogens is 1. The highest BCUT2D eigenvalue weighted by molar-refractivity contribution is 6.30. The van der Waals surface area contributed by atoms with Gasteiger partial charge in [-0.25, -0.2) is 0 Å². The second-order valence-corrected chi connectivity index (χ2v) is 7.11. The molecule has 0 bridgehead atoms. The zero-order valence-corrected chi connectivity index (χ0v) is 15.5. The van der Waals surface area contributed by atoms with E-state index in [1.54, 1.807) is 0 Å². The second-order valence-electron chi connectivity index (χ2n) is 6.67. The fraction of sp³-hybridized carbons (Fsp3) is 0.474. The molecule has 1 fully saturated rings. The Balaban J connectivity index is 1.88. The van der Waals surface area contributed by atoms with Crippen molar-refractivity contribution in [3.05, 3.63) is 51.8 Å². The van der Waals surface area contributed by atoms with Crippen LogP contribution in [0.25, 0.3) is 0 Å². The topological polar surface area (TPSA) is 38.1 Å². The minimum absolute atomic E-state index is 0.121. The summed E-state index contributed by atoms with van der Waals surface area (Å²) in [7, 11) is 1.92. The van der Waals surface area contributed by atoms with Gasteiger partial charge in [0, 0.05) is 29.9 Å². The summed E-state index contributed by atoms with van der Waals surface area (Å²) in [6.45, 7) is 6.80. The number of amides is 1. The fourth-order valence-electron chi connectivity index (χ4n) is 3.88. The molecule has 0 radical (unpaired) electrons. The highest BCUT2D eigenvalue weighted by Gasteiger charge is 2.34. The monoisotopic (exact) mass is 345 g/mol. The average molecular weight is 346 g/mol. The Labute approximate surface area is 148 Å². The minimum atomic E-state index is -0.182. The third-order valence-electron chi connectivity index (χ3n) is 5.14. The maximum atomic E-state index is 13.2. The van der Waals surface area contributed by atoms with Gasteiger partial charge in [0.25, 0.3) is 0 Å². The van der Waals surface area contributed by atoms with Gasteiger partial charge < -0.3 is 4.90 Å². The molecule has 5 heteroatoms. The van der Waals surface area contributed by atoms with Crippen molar-refractivity contribution in [3.8, 4) is 0 Å². The van der Waals surface area contributed by atoms with Gasteiger partial charge in [0.1, 0.15) is 0 Å². The van der Waals surface area contributed by atoms with Gasteiger partial charge in [0.05, 0.1) is 17.7 Å². The molecule has 2 atom stereocenters. The Morgan fingerprint density at radius 2 is 2.12 bits per heavy atom. The molecule has 128 valence electrons. The van der Waals surface area contributed by atoms with E-state index in [1.807, 2.05) is 55.6 Å². The van der Waals surface area contributed by atoms with Crippen molar-refractivity contribution in [2.75, 3.05) is 6.54 Å². The number of rotatable bonds is 3. The first kappa shape index (κ1) is 17.0. The van der Waals surface area contributed by atoms with Crippen LogP contribution in [0.1, 0.15) is 54.2 Å². The summed E-state index contributed by atoms with van der Waals surface area (Å²) in [4.78, 5) is 15.2. The van der Waals surface area contributed by atoms with Gasteiger partial charge in [-0.15, -0.1) is 0 Å². The normalized spacial score (nSPS) is 18.9. The smallest absolute Gasteiger partial charge is 0.230 e. The predicted molar refractivity (Wildman–Crippen MR) is 96.2 cm³/mol. The van der Waals surface area contributed by atoms with Crippen LogP contribution in [0.5, 0.6) is 0 Å². The molecule has 1 aliphatic heterocycles.